The Balaban J connectivity index is 1.52. The first-order valence-electron chi connectivity index (χ1n) is 9.82. The molecule has 0 spiro atoms. The maximum absolute atomic E-state index is 5.28. The zero-order valence-electron chi connectivity index (χ0n) is 16.1. The number of benzene rings is 1. The van der Waals surface area contributed by atoms with E-state index in [-0.39, 0.29) is 0 Å². The van der Waals surface area contributed by atoms with E-state index in [1.165, 1.54) is 35.9 Å². The van der Waals surface area contributed by atoms with E-state index in [0.717, 1.165) is 45.0 Å². The fraction of sp³-hybridized carbons (Fsp3) is 0.571. The Morgan fingerprint density at radius 2 is 2.12 bits per heavy atom. The van der Waals surface area contributed by atoms with Gasteiger partial charge in [0.1, 0.15) is 0 Å². The Morgan fingerprint density at radius 1 is 1.27 bits per heavy atom. The average Bonchev–Trinajstić information content (AvgIpc) is 3.03. The molecule has 1 aromatic heterocycles. The van der Waals surface area contributed by atoms with Crippen LogP contribution >= 0.6 is 0 Å². The van der Waals surface area contributed by atoms with Gasteiger partial charge in [0, 0.05) is 51.0 Å². The van der Waals surface area contributed by atoms with Crippen LogP contribution in [-0.2, 0) is 11.2 Å². The van der Waals surface area contributed by atoms with Crippen LogP contribution in [0.3, 0.4) is 0 Å². The molecule has 0 unspecified atom stereocenters. The van der Waals surface area contributed by atoms with E-state index in [2.05, 4.69) is 52.9 Å². The number of aromatic nitrogens is 1. The molecule has 142 valence electrons. The Bertz CT molecular complexity index is 685. The normalized spacial score (nSPS) is 16.5. The summed E-state index contributed by atoms with van der Waals surface area (Å²) in [4.78, 5) is 8.35. The first-order valence-corrected chi connectivity index (χ1v) is 9.82. The van der Waals surface area contributed by atoms with Crippen molar-refractivity contribution >= 4 is 16.9 Å². The Morgan fingerprint density at radius 3 is 2.81 bits per heavy atom. The third-order valence-corrected chi connectivity index (χ3v) is 5.44. The van der Waals surface area contributed by atoms with Gasteiger partial charge in [0.2, 0.25) is 0 Å². The minimum Gasteiger partial charge on any atom is -0.385 e. The average molecular weight is 357 g/mol. The molecule has 3 rings (SSSR count). The number of hydrogen-bond acceptors (Lipinski definition) is 2. The largest absolute Gasteiger partial charge is 0.385 e. The van der Waals surface area contributed by atoms with Crippen molar-refractivity contribution in [2.45, 2.75) is 39.0 Å². The van der Waals surface area contributed by atoms with Gasteiger partial charge in [0.25, 0.3) is 0 Å². The summed E-state index contributed by atoms with van der Waals surface area (Å²) in [5.74, 6) is 0.923. The van der Waals surface area contributed by atoms with Crippen LogP contribution < -0.4 is 10.6 Å². The molecule has 1 aromatic carbocycles. The fourth-order valence-electron chi connectivity index (χ4n) is 3.65. The lowest BCUT2D eigenvalue weighted by atomic mass is 9.67. The second-order valence-electron chi connectivity index (χ2n) is 7.35. The van der Waals surface area contributed by atoms with E-state index in [0.29, 0.717) is 5.41 Å². The second-order valence-corrected chi connectivity index (χ2v) is 7.35. The molecule has 2 aromatic rings. The molecule has 0 amide bonds. The molecule has 1 saturated carbocycles. The summed E-state index contributed by atoms with van der Waals surface area (Å²) < 4.78 is 5.28. The minimum atomic E-state index is 0.357. The molecule has 0 atom stereocenters. The van der Waals surface area contributed by atoms with Gasteiger partial charge in [-0.15, -0.1) is 0 Å². The van der Waals surface area contributed by atoms with Gasteiger partial charge in [-0.1, -0.05) is 24.6 Å². The summed E-state index contributed by atoms with van der Waals surface area (Å²) >= 11 is 0. The van der Waals surface area contributed by atoms with Gasteiger partial charge in [-0.25, -0.2) is 0 Å². The Hall–Kier alpha value is -2.01. The maximum Gasteiger partial charge on any atom is 0.191 e. The van der Waals surface area contributed by atoms with Crippen molar-refractivity contribution in [3.63, 3.8) is 0 Å². The third kappa shape index (κ3) is 4.79. The SMILES string of the molecule is CCNC(=NCC1(CCOC)CCC1)NCCc1cc2ccccc2[nH]1. The van der Waals surface area contributed by atoms with Crippen LogP contribution in [0.4, 0.5) is 0 Å². The van der Waals surface area contributed by atoms with Crippen LogP contribution in [0.25, 0.3) is 10.9 Å². The van der Waals surface area contributed by atoms with Crippen molar-refractivity contribution in [2.75, 3.05) is 33.4 Å². The molecule has 0 radical (unpaired) electrons. The third-order valence-electron chi connectivity index (χ3n) is 5.44. The minimum absolute atomic E-state index is 0.357. The lowest BCUT2D eigenvalue weighted by molar-refractivity contribution is 0.0778. The van der Waals surface area contributed by atoms with Crippen LogP contribution in [0.1, 0.15) is 38.3 Å². The molecular weight excluding hydrogens is 324 g/mol. The Labute approximate surface area is 156 Å². The first-order chi connectivity index (χ1) is 12.7. The number of nitrogens with zero attached hydrogens (tertiary/aromatic N) is 1. The fourth-order valence-corrected chi connectivity index (χ4v) is 3.65. The van der Waals surface area contributed by atoms with Gasteiger partial charge in [0.05, 0.1) is 0 Å². The van der Waals surface area contributed by atoms with E-state index in [9.17, 15) is 0 Å². The van der Waals surface area contributed by atoms with Crippen molar-refractivity contribution in [1.29, 1.82) is 0 Å². The predicted octanol–water partition coefficient (Wildman–Crippen LogP) is 3.47. The number of aliphatic imine (C=N–C) groups is 1. The van der Waals surface area contributed by atoms with Crippen molar-refractivity contribution in [2.24, 2.45) is 10.4 Å². The van der Waals surface area contributed by atoms with Crippen LogP contribution in [-0.4, -0.2) is 44.3 Å². The summed E-state index contributed by atoms with van der Waals surface area (Å²) in [6.07, 6.45) is 5.93. The number of methoxy groups -OCH3 is 1. The second kappa shape index (κ2) is 9.08. The molecule has 26 heavy (non-hydrogen) atoms. The quantitative estimate of drug-likeness (QED) is 0.476. The summed E-state index contributed by atoms with van der Waals surface area (Å²) in [6.45, 7) is 5.57. The molecule has 0 aliphatic heterocycles. The maximum atomic E-state index is 5.28. The van der Waals surface area contributed by atoms with Crippen molar-refractivity contribution in [3.8, 4) is 0 Å². The molecule has 5 nitrogen and oxygen atoms in total. The van der Waals surface area contributed by atoms with Gasteiger partial charge in [-0.05, 0) is 49.1 Å². The van der Waals surface area contributed by atoms with E-state index >= 15 is 0 Å². The van der Waals surface area contributed by atoms with E-state index < -0.39 is 0 Å². The highest BCUT2D eigenvalue weighted by Gasteiger charge is 2.36. The monoisotopic (exact) mass is 356 g/mol. The highest BCUT2D eigenvalue weighted by Crippen LogP contribution is 2.44. The molecule has 3 N–H and O–H groups in total. The number of hydrogen-bond donors (Lipinski definition) is 3. The van der Waals surface area contributed by atoms with Crippen molar-refractivity contribution < 1.29 is 4.74 Å². The molecule has 1 heterocycles. The van der Waals surface area contributed by atoms with E-state index in [1.54, 1.807) is 7.11 Å². The molecule has 1 aliphatic rings. The number of H-pyrrole nitrogens is 1. The number of rotatable bonds is 9. The molecule has 0 saturated heterocycles. The van der Waals surface area contributed by atoms with Crippen LogP contribution in [0.2, 0.25) is 0 Å². The highest BCUT2D eigenvalue weighted by molar-refractivity contribution is 5.81. The van der Waals surface area contributed by atoms with Gasteiger partial charge < -0.3 is 20.4 Å². The van der Waals surface area contributed by atoms with E-state index in [1.807, 2.05) is 0 Å². The number of fused-ring (bicyclic) bond motifs is 1. The highest BCUT2D eigenvalue weighted by atomic mass is 16.5. The van der Waals surface area contributed by atoms with Gasteiger partial charge in [0.15, 0.2) is 5.96 Å². The summed E-state index contributed by atoms with van der Waals surface area (Å²) in [5, 5.41) is 8.12. The van der Waals surface area contributed by atoms with E-state index in [4.69, 9.17) is 9.73 Å². The predicted molar refractivity (Wildman–Crippen MR) is 109 cm³/mol. The topological polar surface area (TPSA) is 61.4 Å². The summed E-state index contributed by atoms with van der Waals surface area (Å²) in [5.41, 5.74) is 2.81. The standard InChI is InChI=1S/C21H32N4O/c1-3-22-20(24-16-21(10-6-11-21)12-14-26-2)23-13-9-18-15-17-7-4-5-8-19(17)25-18/h4-5,7-8,15,25H,3,6,9-14,16H2,1-2H3,(H2,22,23,24). The first kappa shape index (κ1) is 18.8. The van der Waals surface area contributed by atoms with Crippen LogP contribution in [0.5, 0.6) is 0 Å². The van der Waals surface area contributed by atoms with Gasteiger partial charge in [-0.3, -0.25) is 4.99 Å². The molecule has 1 fully saturated rings. The number of para-hydroxylation sites is 1. The van der Waals surface area contributed by atoms with Crippen LogP contribution in [0.15, 0.2) is 35.3 Å². The van der Waals surface area contributed by atoms with Crippen LogP contribution in [0, 0.1) is 5.41 Å². The summed E-state index contributed by atoms with van der Waals surface area (Å²) in [6, 6.07) is 10.6. The molecule has 0 bridgehead atoms. The van der Waals surface area contributed by atoms with Crippen molar-refractivity contribution in [1.82, 2.24) is 15.6 Å². The van der Waals surface area contributed by atoms with Gasteiger partial charge >= 0.3 is 0 Å². The van der Waals surface area contributed by atoms with Gasteiger partial charge in [-0.2, -0.15) is 0 Å². The number of nitrogens with one attached hydrogen (secondary N) is 3. The molecular formula is C21H32N4O. The number of aromatic amines is 1. The van der Waals surface area contributed by atoms with Crippen molar-refractivity contribution in [3.05, 3.63) is 36.0 Å². The Kier molecular flexibility index (Phi) is 6.56. The smallest absolute Gasteiger partial charge is 0.191 e. The number of ether oxygens (including phenoxy) is 1. The zero-order chi connectivity index (χ0) is 18.2. The lowest BCUT2D eigenvalue weighted by Gasteiger charge is -2.40. The zero-order valence-corrected chi connectivity index (χ0v) is 16.1. The summed E-state index contributed by atoms with van der Waals surface area (Å²) in [7, 11) is 1.78. The molecule has 5 heteroatoms. The molecule has 1 aliphatic carbocycles. The number of guanidine groups is 1. The lowest BCUT2D eigenvalue weighted by Crippen LogP contribution is -2.41.